The lowest BCUT2D eigenvalue weighted by Crippen LogP contribution is -2.25. The van der Waals surface area contributed by atoms with Gasteiger partial charge in [-0.1, -0.05) is 25.5 Å². The summed E-state index contributed by atoms with van der Waals surface area (Å²) in [4.78, 5) is 24.3. The van der Waals surface area contributed by atoms with Gasteiger partial charge in [0.2, 0.25) is 5.91 Å². The fourth-order valence-electron chi connectivity index (χ4n) is 2.35. The van der Waals surface area contributed by atoms with Gasteiger partial charge in [-0.3, -0.25) is 9.59 Å². The molecule has 1 aliphatic heterocycles. The SMILES string of the molecule is CCCCc1ccc(N2C[C@@H](C(=O)O)CC2=O)cc1. The van der Waals surface area contributed by atoms with Gasteiger partial charge in [0.1, 0.15) is 0 Å². The van der Waals surface area contributed by atoms with Crippen molar-refractivity contribution in [1.29, 1.82) is 0 Å². The van der Waals surface area contributed by atoms with E-state index < -0.39 is 11.9 Å². The van der Waals surface area contributed by atoms with E-state index in [1.54, 1.807) is 4.90 Å². The van der Waals surface area contributed by atoms with Gasteiger partial charge in [0.25, 0.3) is 0 Å². The highest BCUT2D eigenvalue weighted by molar-refractivity contribution is 5.99. The van der Waals surface area contributed by atoms with Crippen molar-refractivity contribution in [2.75, 3.05) is 11.4 Å². The summed E-state index contributed by atoms with van der Waals surface area (Å²) in [6.07, 6.45) is 3.46. The number of carbonyl (C=O) groups is 2. The third kappa shape index (κ3) is 3.13. The number of rotatable bonds is 5. The van der Waals surface area contributed by atoms with Crippen LogP contribution in [0.25, 0.3) is 0 Å². The number of unbranched alkanes of at least 4 members (excludes halogenated alkanes) is 1. The van der Waals surface area contributed by atoms with Crippen LogP contribution in [0.1, 0.15) is 31.7 Å². The van der Waals surface area contributed by atoms with Crippen LogP contribution in [0.4, 0.5) is 5.69 Å². The molecule has 19 heavy (non-hydrogen) atoms. The summed E-state index contributed by atoms with van der Waals surface area (Å²) in [7, 11) is 0. The Morgan fingerprint density at radius 2 is 2.05 bits per heavy atom. The number of benzene rings is 1. The Hall–Kier alpha value is -1.84. The van der Waals surface area contributed by atoms with Gasteiger partial charge >= 0.3 is 5.97 Å². The molecule has 1 aliphatic rings. The highest BCUT2D eigenvalue weighted by Crippen LogP contribution is 2.25. The van der Waals surface area contributed by atoms with Crippen molar-refractivity contribution in [3.63, 3.8) is 0 Å². The molecule has 102 valence electrons. The van der Waals surface area contributed by atoms with E-state index in [0.717, 1.165) is 24.9 Å². The summed E-state index contributed by atoms with van der Waals surface area (Å²) < 4.78 is 0. The lowest BCUT2D eigenvalue weighted by molar-refractivity contribution is -0.141. The van der Waals surface area contributed by atoms with Crippen molar-refractivity contribution in [1.82, 2.24) is 0 Å². The smallest absolute Gasteiger partial charge is 0.308 e. The third-order valence-electron chi connectivity index (χ3n) is 3.54. The van der Waals surface area contributed by atoms with Gasteiger partial charge in [-0.15, -0.1) is 0 Å². The second kappa shape index (κ2) is 5.87. The molecule has 1 aromatic carbocycles. The monoisotopic (exact) mass is 261 g/mol. The Labute approximate surface area is 113 Å². The molecule has 0 bridgehead atoms. The van der Waals surface area contributed by atoms with E-state index in [1.807, 2.05) is 24.3 Å². The highest BCUT2D eigenvalue weighted by Gasteiger charge is 2.34. The molecule has 0 aromatic heterocycles. The lowest BCUT2D eigenvalue weighted by atomic mass is 10.1. The molecule has 0 spiro atoms. The van der Waals surface area contributed by atoms with Crippen LogP contribution in [0.2, 0.25) is 0 Å². The molecule has 1 atom stereocenters. The van der Waals surface area contributed by atoms with Crippen LogP contribution in [0.3, 0.4) is 0 Å². The number of amides is 1. The minimum absolute atomic E-state index is 0.103. The zero-order valence-electron chi connectivity index (χ0n) is 11.1. The number of hydrogen-bond donors (Lipinski definition) is 1. The fourth-order valence-corrected chi connectivity index (χ4v) is 2.35. The second-order valence-electron chi connectivity index (χ2n) is 5.01. The van der Waals surface area contributed by atoms with Crippen LogP contribution < -0.4 is 4.90 Å². The predicted octanol–water partition coefficient (Wildman–Crippen LogP) is 2.47. The number of anilines is 1. The zero-order valence-corrected chi connectivity index (χ0v) is 11.1. The molecule has 1 heterocycles. The van der Waals surface area contributed by atoms with Crippen molar-refractivity contribution >= 4 is 17.6 Å². The molecule has 1 fully saturated rings. The minimum atomic E-state index is -0.893. The molecule has 0 unspecified atom stereocenters. The molecule has 0 aliphatic carbocycles. The predicted molar refractivity (Wildman–Crippen MR) is 73.1 cm³/mol. The van der Waals surface area contributed by atoms with Crippen molar-refractivity contribution in [2.24, 2.45) is 5.92 Å². The first kappa shape index (κ1) is 13.6. The lowest BCUT2D eigenvalue weighted by Gasteiger charge is -2.16. The summed E-state index contributed by atoms with van der Waals surface area (Å²) in [6.45, 7) is 2.44. The third-order valence-corrected chi connectivity index (χ3v) is 3.54. The van der Waals surface area contributed by atoms with Gasteiger partial charge in [0, 0.05) is 18.7 Å². The molecule has 1 amide bonds. The van der Waals surface area contributed by atoms with Crippen LogP contribution >= 0.6 is 0 Å². The number of carboxylic acid groups (broad SMARTS) is 1. The standard InChI is InChI=1S/C15H19NO3/c1-2-3-4-11-5-7-13(8-6-11)16-10-12(15(18)19)9-14(16)17/h5-8,12H,2-4,9-10H2,1H3,(H,18,19)/t12-/m0/s1. The molecule has 4 heteroatoms. The average Bonchev–Trinajstić information content (AvgIpc) is 2.79. The Kier molecular flexibility index (Phi) is 4.20. The Morgan fingerprint density at radius 1 is 1.37 bits per heavy atom. The van der Waals surface area contributed by atoms with E-state index in [9.17, 15) is 9.59 Å². The van der Waals surface area contributed by atoms with E-state index in [4.69, 9.17) is 5.11 Å². The normalized spacial score (nSPS) is 18.9. The maximum Gasteiger partial charge on any atom is 0.308 e. The molecule has 1 N–H and O–H groups in total. The molecule has 1 aromatic rings. The van der Waals surface area contributed by atoms with E-state index in [1.165, 1.54) is 5.56 Å². The first-order valence-corrected chi connectivity index (χ1v) is 6.74. The molecular formula is C15H19NO3. The summed E-state index contributed by atoms with van der Waals surface area (Å²) in [6, 6.07) is 7.86. The number of hydrogen-bond acceptors (Lipinski definition) is 2. The maximum absolute atomic E-state index is 11.8. The number of aliphatic carboxylic acids is 1. The second-order valence-corrected chi connectivity index (χ2v) is 5.01. The highest BCUT2D eigenvalue weighted by atomic mass is 16.4. The summed E-state index contributed by atoms with van der Waals surface area (Å²) in [5, 5.41) is 8.96. The zero-order chi connectivity index (χ0) is 13.8. The Bertz CT molecular complexity index is 467. The van der Waals surface area contributed by atoms with Gasteiger partial charge in [0.15, 0.2) is 0 Å². The first-order chi connectivity index (χ1) is 9.11. The average molecular weight is 261 g/mol. The summed E-state index contributed by atoms with van der Waals surface area (Å²) in [5.74, 6) is -1.57. The van der Waals surface area contributed by atoms with E-state index in [0.29, 0.717) is 0 Å². The number of aryl methyl sites for hydroxylation is 1. The molecule has 1 saturated heterocycles. The number of carboxylic acids is 1. The molecule has 2 rings (SSSR count). The van der Waals surface area contributed by atoms with Crippen LogP contribution in [0.5, 0.6) is 0 Å². The Balaban J connectivity index is 2.06. The number of carbonyl (C=O) groups excluding carboxylic acids is 1. The van der Waals surface area contributed by atoms with Crippen molar-refractivity contribution in [2.45, 2.75) is 32.6 Å². The van der Waals surface area contributed by atoms with Gasteiger partial charge in [-0.2, -0.15) is 0 Å². The Morgan fingerprint density at radius 3 is 2.58 bits per heavy atom. The van der Waals surface area contributed by atoms with Gasteiger partial charge in [-0.05, 0) is 30.5 Å². The van der Waals surface area contributed by atoms with Crippen LogP contribution in [0, 0.1) is 5.92 Å². The van der Waals surface area contributed by atoms with Crippen molar-refractivity contribution in [3.8, 4) is 0 Å². The van der Waals surface area contributed by atoms with E-state index in [2.05, 4.69) is 6.92 Å². The van der Waals surface area contributed by atoms with Gasteiger partial charge < -0.3 is 10.0 Å². The molecular weight excluding hydrogens is 242 g/mol. The molecule has 4 nitrogen and oxygen atoms in total. The van der Waals surface area contributed by atoms with Crippen molar-refractivity contribution < 1.29 is 14.7 Å². The minimum Gasteiger partial charge on any atom is -0.481 e. The maximum atomic E-state index is 11.8. The van der Waals surface area contributed by atoms with Crippen LogP contribution in [-0.4, -0.2) is 23.5 Å². The van der Waals surface area contributed by atoms with Crippen LogP contribution in [-0.2, 0) is 16.0 Å². The molecule has 0 radical (unpaired) electrons. The van der Waals surface area contributed by atoms with E-state index >= 15 is 0 Å². The fraction of sp³-hybridized carbons (Fsp3) is 0.467. The quantitative estimate of drug-likeness (QED) is 0.885. The summed E-state index contributed by atoms with van der Waals surface area (Å²) >= 11 is 0. The largest absolute Gasteiger partial charge is 0.481 e. The summed E-state index contributed by atoms with van der Waals surface area (Å²) in [5.41, 5.74) is 2.06. The first-order valence-electron chi connectivity index (χ1n) is 6.74. The van der Waals surface area contributed by atoms with Crippen LogP contribution in [0.15, 0.2) is 24.3 Å². The topological polar surface area (TPSA) is 57.6 Å². The van der Waals surface area contributed by atoms with Gasteiger partial charge in [-0.25, -0.2) is 0 Å². The van der Waals surface area contributed by atoms with E-state index in [-0.39, 0.29) is 18.9 Å². The van der Waals surface area contributed by atoms with Gasteiger partial charge in [0.05, 0.1) is 5.92 Å². The molecule has 0 saturated carbocycles. The van der Waals surface area contributed by atoms with Crippen molar-refractivity contribution in [3.05, 3.63) is 29.8 Å². The number of nitrogens with zero attached hydrogens (tertiary/aromatic N) is 1.